The number of ether oxygens (including phenoxy) is 1. The summed E-state index contributed by atoms with van der Waals surface area (Å²) in [5, 5.41) is 3.21. The van der Waals surface area contributed by atoms with Gasteiger partial charge in [0.2, 0.25) is 0 Å². The van der Waals surface area contributed by atoms with Crippen molar-refractivity contribution in [3.8, 4) is 0 Å². The zero-order valence-electron chi connectivity index (χ0n) is 11.9. The van der Waals surface area contributed by atoms with Crippen molar-refractivity contribution in [2.75, 3.05) is 24.5 Å². The molecule has 3 rings (SSSR count). The summed E-state index contributed by atoms with van der Waals surface area (Å²) in [4.78, 5) is 13.3. The number of nitrogens with zero attached hydrogens (tertiary/aromatic N) is 1. The highest BCUT2D eigenvalue weighted by molar-refractivity contribution is 5.91. The lowest BCUT2D eigenvalue weighted by molar-refractivity contribution is -0.137. The van der Waals surface area contributed by atoms with E-state index >= 15 is 0 Å². The van der Waals surface area contributed by atoms with E-state index in [0.717, 1.165) is 23.9 Å². The van der Waals surface area contributed by atoms with E-state index in [2.05, 4.69) is 5.32 Å². The van der Waals surface area contributed by atoms with Crippen molar-refractivity contribution in [1.29, 1.82) is 0 Å². The molecule has 0 bridgehead atoms. The first-order valence-corrected chi connectivity index (χ1v) is 7.29. The predicted molar refractivity (Wildman–Crippen MR) is 74.7 cm³/mol. The van der Waals surface area contributed by atoms with Gasteiger partial charge in [-0.1, -0.05) is 12.1 Å². The number of benzene rings is 1. The van der Waals surface area contributed by atoms with E-state index in [1.165, 1.54) is 18.2 Å². The molecule has 7 heteroatoms. The summed E-state index contributed by atoms with van der Waals surface area (Å²) < 4.78 is 44.9. The molecule has 0 aromatic heterocycles. The van der Waals surface area contributed by atoms with Crippen LogP contribution >= 0.6 is 0 Å². The SMILES string of the molecule is O=C1OC2(CCCNCC2)CN1c1ccccc1C(F)(F)F. The van der Waals surface area contributed by atoms with E-state index in [1.54, 1.807) is 0 Å². The molecule has 1 unspecified atom stereocenters. The highest BCUT2D eigenvalue weighted by Crippen LogP contribution is 2.40. The Labute approximate surface area is 126 Å². The summed E-state index contributed by atoms with van der Waals surface area (Å²) in [6.07, 6.45) is -3.09. The van der Waals surface area contributed by atoms with Crippen LogP contribution in [0.15, 0.2) is 24.3 Å². The standard InChI is InChI=1S/C15H17F3N2O2/c16-15(17,18)11-4-1-2-5-12(11)20-10-14(22-13(20)21)6-3-8-19-9-7-14/h1-2,4-5,19H,3,6-10H2. The first kappa shape index (κ1) is 15.1. The number of rotatable bonds is 1. The highest BCUT2D eigenvalue weighted by atomic mass is 19.4. The summed E-state index contributed by atoms with van der Waals surface area (Å²) in [6, 6.07) is 5.12. The lowest BCUT2D eigenvalue weighted by Crippen LogP contribution is -2.36. The number of nitrogens with one attached hydrogen (secondary N) is 1. The van der Waals surface area contributed by atoms with Gasteiger partial charge in [0, 0.05) is 6.42 Å². The van der Waals surface area contributed by atoms with Crippen molar-refractivity contribution in [2.24, 2.45) is 0 Å². The van der Waals surface area contributed by atoms with Crippen LogP contribution in [0, 0.1) is 0 Å². The summed E-state index contributed by atoms with van der Waals surface area (Å²) in [6.45, 7) is 1.70. The van der Waals surface area contributed by atoms with Gasteiger partial charge in [-0.2, -0.15) is 13.2 Å². The van der Waals surface area contributed by atoms with Crippen LogP contribution in [0.2, 0.25) is 0 Å². The molecule has 2 aliphatic rings. The molecular weight excluding hydrogens is 297 g/mol. The third-order valence-corrected chi connectivity index (χ3v) is 4.21. The molecule has 22 heavy (non-hydrogen) atoms. The normalized spacial score (nSPS) is 26.1. The van der Waals surface area contributed by atoms with Crippen LogP contribution in [-0.4, -0.2) is 31.3 Å². The van der Waals surface area contributed by atoms with Gasteiger partial charge in [-0.25, -0.2) is 4.79 Å². The minimum atomic E-state index is -4.50. The molecule has 1 amide bonds. The molecule has 1 aromatic carbocycles. The maximum Gasteiger partial charge on any atom is 0.418 e. The van der Waals surface area contributed by atoms with Gasteiger partial charge in [0.05, 0.1) is 17.8 Å². The Bertz CT molecular complexity index is 566. The highest BCUT2D eigenvalue weighted by Gasteiger charge is 2.47. The van der Waals surface area contributed by atoms with Gasteiger partial charge in [-0.15, -0.1) is 0 Å². The van der Waals surface area contributed by atoms with Crippen molar-refractivity contribution in [3.05, 3.63) is 29.8 Å². The Morgan fingerprint density at radius 3 is 2.73 bits per heavy atom. The average Bonchev–Trinajstić information content (AvgIpc) is 2.64. The molecule has 120 valence electrons. The molecule has 1 N–H and O–H groups in total. The molecule has 2 saturated heterocycles. The van der Waals surface area contributed by atoms with Crippen molar-refractivity contribution in [2.45, 2.75) is 31.0 Å². The van der Waals surface area contributed by atoms with Crippen molar-refractivity contribution < 1.29 is 22.7 Å². The van der Waals surface area contributed by atoms with Gasteiger partial charge in [0.1, 0.15) is 5.60 Å². The quantitative estimate of drug-likeness (QED) is 0.865. The van der Waals surface area contributed by atoms with E-state index < -0.39 is 23.4 Å². The Morgan fingerprint density at radius 2 is 1.95 bits per heavy atom. The minimum absolute atomic E-state index is 0.130. The number of para-hydroxylation sites is 1. The number of halogens is 3. The van der Waals surface area contributed by atoms with Gasteiger partial charge >= 0.3 is 12.3 Å². The second-order valence-electron chi connectivity index (χ2n) is 5.76. The van der Waals surface area contributed by atoms with Crippen molar-refractivity contribution in [3.63, 3.8) is 0 Å². The Balaban J connectivity index is 1.92. The predicted octanol–water partition coefficient (Wildman–Crippen LogP) is 3.17. The van der Waals surface area contributed by atoms with E-state index in [4.69, 9.17) is 4.74 Å². The fourth-order valence-corrected chi connectivity index (χ4v) is 3.12. The minimum Gasteiger partial charge on any atom is -0.441 e. The molecule has 1 atom stereocenters. The number of amides is 1. The van der Waals surface area contributed by atoms with Gasteiger partial charge in [0.15, 0.2) is 0 Å². The lowest BCUT2D eigenvalue weighted by Gasteiger charge is -2.25. The van der Waals surface area contributed by atoms with Gasteiger partial charge < -0.3 is 10.1 Å². The zero-order valence-corrected chi connectivity index (χ0v) is 11.9. The van der Waals surface area contributed by atoms with Crippen LogP contribution in [0.5, 0.6) is 0 Å². The van der Waals surface area contributed by atoms with Crippen molar-refractivity contribution >= 4 is 11.8 Å². The number of anilines is 1. The Morgan fingerprint density at radius 1 is 1.18 bits per heavy atom. The summed E-state index contributed by atoms with van der Waals surface area (Å²) in [5.74, 6) is 0. The van der Waals surface area contributed by atoms with Crippen LogP contribution in [-0.2, 0) is 10.9 Å². The third kappa shape index (κ3) is 2.77. The molecule has 1 spiro atoms. The number of carbonyl (C=O) groups is 1. The average molecular weight is 314 g/mol. The molecule has 4 nitrogen and oxygen atoms in total. The molecule has 2 aliphatic heterocycles. The van der Waals surface area contributed by atoms with E-state index in [1.807, 2.05) is 0 Å². The fourth-order valence-electron chi connectivity index (χ4n) is 3.12. The molecule has 2 fully saturated rings. The second kappa shape index (κ2) is 5.46. The van der Waals surface area contributed by atoms with Crippen LogP contribution in [0.4, 0.5) is 23.7 Å². The number of alkyl halides is 3. The number of carbonyl (C=O) groups excluding carboxylic acids is 1. The van der Waals surface area contributed by atoms with E-state index in [0.29, 0.717) is 19.4 Å². The second-order valence-corrected chi connectivity index (χ2v) is 5.76. The van der Waals surface area contributed by atoms with Crippen LogP contribution in [0.3, 0.4) is 0 Å². The zero-order chi connectivity index (χ0) is 15.8. The van der Waals surface area contributed by atoms with Crippen LogP contribution < -0.4 is 10.2 Å². The van der Waals surface area contributed by atoms with Crippen molar-refractivity contribution in [1.82, 2.24) is 5.32 Å². The Hall–Kier alpha value is -1.76. The van der Waals surface area contributed by atoms with E-state index in [-0.39, 0.29) is 12.2 Å². The smallest absolute Gasteiger partial charge is 0.418 e. The summed E-state index contributed by atoms with van der Waals surface area (Å²) in [5.41, 5.74) is -1.62. The Kier molecular flexibility index (Phi) is 3.76. The topological polar surface area (TPSA) is 41.6 Å². The van der Waals surface area contributed by atoms with Crippen LogP contribution in [0.25, 0.3) is 0 Å². The van der Waals surface area contributed by atoms with Crippen LogP contribution in [0.1, 0.15) is 24.8 Å². The molecular formula is C15H17F3N2O2. The maximum atomic E-state index is 13.1. The third-order valence-electron chi connectivity index (χ3n) is 4.21. The first-order valence-electron chi connectivity index (χ1n) is 7.29. The first-order chi connectivity index (χ1) is 10.4. The molecule has 0 saturated carbocycles. The molecule has 0 radical (unpaired) electrons. The van der Waals surface area contributed by atoms with Gasteiger partial charge in [0.25, 0.3) is 0 Å². The number of hydrogen-bond acceptors (Lipinski definition) is 3. The summed E-state index contributed by atoms with van der Waals surface area (Å²) >= 11 is 0. The molecule has 1 aromatic rings. The summed E-state index contributed by atoms with van der Waals surface area (Å²) in [7, 11) is 0. The fraction of sp³-hybridized carbons (Fsp3) is 0.533. The van der Waals surface area contributed by atoms with E-state index in [9.17, 15) is 18.0 Å². The largest absolute Gasteiger partial charge is 0.441 e. The molecule has 0 aliphatic carbocycles. The number of hydrogen-bond donors (Lipinski definition) is 1. The lowest BCUT2D eigenvalue weighted by atomic mass is 9.94. The van der Waals surface area contributed by atoms with Gasteiger partial charge in [-0.3, -0.25) is 4.90 Å². The molecule has 2 heterocycles. The van der Waals surface area contributed by atoms with Gasteiger partial charge in [-0.05, 0) is 38.1 Å². The monoisotopic (exact) mass is 314 g/mol. The maximum absolute atomic E-state index is 13.1.